The van der Waals surface area contributed by atoms with Crippen molar-refractivity contribution in [3.05, 3.63) is 65.6 Å². The van der Waals surface area contributed by atoms with E-state index in [9.17, 15) is 4.79 Å². The monoisotopic (exact) mass is 356 g/mol. The maximum atomic E-state index is 12.5. The molecule has 0 fully saturated rings. The number of carbonyl (C=O) groups is 1. The predicted molar refractivity (Wildman–Crippen MR) is 96.3 cm³/mol. The van der Waals surface area contributed by atoms with Crippen molar-refractivity contribution >= 4 is 23.2 Å². The first-order valence-corrected chi connectivity index (χ1v) is 8.11. The average Bonchev–Trinajstić information content (AvgIpc) is 3.12. The average molecular weight is 357 g/mol. The SMILES string of the molecule is Cc1cc(Cl)ccc1OC(C)C(=O)Nc1cccnc1-n1cccn1. The highest BCUT2D eigenvalue weighted by atomic mass is 35.5. The van der Waals surface area contributed by atoms with Crippen molar-refractivity contribution < 1.29 is 9.53 Å². The van der Waals surface area contributed by atoms with Gasteiger partial charge < -0.3 is 10.1 Å². The van der Waals surface area contributed by atoms with Gasteiger partial charge in [0.1, 0.15) is 5.75 Å². The van der Waals surface area contributed by atoms with Crippen LogP contribution < -0.4 is 10.1 Å². The van der Waals surface area contributed by atoms with Crippen molar-refractivity contribution in [2.75, 3.05) is 5.32 Å². The van der Waals surface area contributed by atoms with E-state index < -0.39 is 6.10 Å². The number of anilines is 1. The number of benzene rings is 1. The second kappa shape index (κ2) is 7.36. The lowest BCUT2D eigenvalue weighted by Gasteiger charge is -2.17. The first kappa shape index (κ1) is 17.0. The molecule has 128 valence electrons. The lowest BCUT2D eigenvalue weighted by Crippen LogP contribution is -2.30. The minimum Gasteiger partial charge on any atom is -0.481 e. The van der Waals surface area contributed by atoms with E-state index in [4.69, 9.17) is 16.3 Å². The molecular formula is C18H17ClN4O2. The van der Waals surface area contributed by atoms with Crippen LogP contribution in [0.3, 0.4) is 0 Å². The van der Waals surface area contributed by atoms with E-state index in [0.717, 1.165) is 5.56 Å². The molecule has 0 aliphatic carbocycles. The molecule has 1 N–H and O–H groups in total. The van der Waals surface area contributed by atoms with Crippen molar-refractivity contribution in [3.8, 4) is 11.6 Å². The fourth-order valence-electron chi connectivity index (χ4n) is 2.29. The Balaban J connectivity index is 1.74. The molecule has 0 bridgehead atoms. The fourth-order valence-corrected chi connectivity index (χ4v) is 2.52. The third-order valence-electron chi connectivity index (χ3n) is 3.58. The van der Waals surface area contributed by atoms with E-state index in [-0.39, 0.29) is 5.91 Å². The Morgan fingerprint density at radius 2 is 2.12 bits per heavy atom. The van der Waals surface area contributed by atoms with Crippen LogP contribution in [-0.2, 0) is 4.79 Å². The Bertz CT molecular complexity index is 881. The standard InChI is InChI=1S/C18H17ClN4O2/c1-12-11-14(19)6-7-16(12)25-13(2)18(24)22-15-5-3-8-20-17(15)23-10-4-9-21-23/h3-11,13H,1-2H3,(H,22,24). The zero-order valence-corrected chi connectivity index (χ0v) is 14.6. The van der Waals surface area contributed by atoms with Gasteiger partial charge in [-0.05, 0) is 55.8 Å². The molecule has 6 nitrogen and oxygen atoms in total. The number of amides is 1. The van der Waals surface area contributed by atoms with Crippen LogP contribution in [-0.4, -0.2) is 26.8 Å². The molecule has 1 unspecified atom stereocenters. The van der Waals surface area contributed by atoms with Crippen LogP contribution in [0.2, 0.25) is 5.02 Å². The quantitative estimate of drug-likeness (QED) is 0.757. The third-order valence-corrected chi connectivity index (χ3v) is 3.81. The van der Waals surface area contributed by atoms with Gasteiger partial charge in [0.25, 0.3) is 5.91 Å². The molecule has 0 aliphatic rings. The summed E-state index contributed by atoms with van der Waals surface area (Å²) in [5.41, 5.74) is 1.42. The smallest absolute Gasteiger partial charge is 0.265 e. The van der Waals surface area contributed by atoms with Gasteiger partial charge in [0.2, 0.25) is 0 Å². The summed E-state index contributed by atoms with van der Waals surface area (Å²) >= 11 is 5.94. The Kier molecular flexibility index (Phi) is 5.00. The molecule has 0 saturated carbocycles. The van der Waals surface area contributed by atoms with E-state index in [0.29, 0.717) is 22.3 Å². The molecule has 1 atom stereocenters. The number of hydrogen-bond acceptors (Lipinski definition) is 4. The van der Waals surface area contributed by atoms with Gasteiger partial charge in [0.05, 0.1) is 5.69 Å². The molecule has 1 aromatic carbocycles. The first-order valence-electron chi connectivity index (χ1n) is 7.73. The number of carbonyl (C=O) groups excluding carboxylic acids is 1. The maximum Gasteiger partial charge on any atom is 0.265 e. The van der Waals surface area contributed by atoms with Gasteiger partial charge in [-0.25, -0.2) is 9.67 Å². The molecule has 7 heteroatoms. The van der Waals surface area contributed by atoms with Crippen LogP contribution in [0.1, 0.15) is 12.5 Å². The molecule has 25 heavy (non-hydrogen) atoms. The van der Waals surface area contributed by atoms with Gasteiger partial charge in [-0.15, -0.1) is 0 Å². The topological polar surface area (TPSA) is 69.0 Å². The van der Waals surface area contributed by atoms with Crippen LogP contribution in [0.5, 0.6) is 5.75 Å². The number of pyridine rings is 1. The van der Waals surface area contributed by atoms with Gasteiger partial charge in [0, 0.05) is 23.6 Å². The zero-order chi connectivity index (χ0) is 17.8. The minimum absolute atomic E-state index is 0.282. The molecule has 0 radical (unpaired) electrons. The number of rotatable bonds is 5. The molecule has 3 aromatic rings. The van der Waals surface area contributed by atoms with Gasteiger partial charge in [-0.2, -0.15) is 5.10 Å². The first-order chi connectivity index (χ1) is 12.0. The summed E-state index contributed by atoms with van der Waals surface area (Å²) in [5.74, 6) is 0.872. The molecule has 3 rings (SSSR count). The largest absolute Gasteiger partial charge is 0.481 e. The Morgan fingerprint density at radius 3 is 2.84 bits per heavy atom. The number of halogens is 1. The van der Waals surface area contributed by atoms with Crippen molar-refractivity contribution in [3.63, 3.8) is 0 Å². The van der Waals surface area contributed by atoms with Gasteiger partial charge >= 0.3 is 0 Å². The molecule has 0 spiro atoms. The van der Waals surface area contributed by atoms with Crippen LogP contribution in [0.25, 0.3) is 5.82 Å². The number of aryl methyl sites for hydroxylation is 1. The van der Waals surface area contributed by atoms with E-state index >= 15 is 0 Å². The number of nitrogens with zero attached hydrogens (tertiary/aromatic N) is 3. The van der Waals surface area contributed by atoms with Crippen LogP contribution in [0.4, 0.5) is 5.69 Å². The highest BCUT2D eigenvalue weighted by Crippen LogP contribution is 2.23. The van der Waals surface area contributed by atoms with Crippen molar-refractivity contribution in [1.29, 1.82) is 0 Å². The maximum absolute atomic E-state index is 12.5. The van der Waals surface area contributed by atoms with E-state index in [2.05, 4.69) is 15.4 Å². The summed E-state index contributed by atoms with van der Waals surface area (Å²) in [6.45, 7) is 3.57. The Hall–Kier alpha value is -2.86. The summed E-state index contributed by atoms with van der Waals surface area (Å²) in [7, 11) is 0. The Labute approximate surface area is 150 Å². The van der Waals surface area contributed by atoms with Crippen LogP contribution in [0.15, 0.2) is 55.0 Å². The van der Waals surface area contributed by atoms with E-state index in [1.54, 1.807) is 66.6 Å². The predicted octanol–water partition coefficient (Wildman–Crippen LogP) is 3.64. The molecule has 2 aromatic heterocycles. The lowest BCUT2D eigenvalue weighted by atomic mass is 10.2. The van der Waals surface area contributed by atoms with Gasteiger partial charge in [-0.1, -0.05) is 11.6 Å². The number of hydrogen-bond donors (Lipinski definition) is 1. The van der Waals surface area contributed by atoms with Crippen LogP contribution >= 0.6 is 11.6 Å². The summed E-state index contributed by atoms with van der Waals surface area (Å²) < 4.78 is 7.34. The van der Waals surface area contributed by atoms with E-state index in [1.165, 1.54) is 0 Å². The second-order valence-corrected chi connectivity index (χ2v) is 5.92. The Morgan fingerprint density at radius 1 is 1.28 bits per heavy atom. The third kappa shape index (κ3) is 3.97. The highest BCUT2D eigenvalue weighted by Gasteiger charge is 2.18. The van der Waals surface area contributed by atoms with Crippen molar-refractivity contribution in [2.45, 2.75) is 20.0 Å². The zero-order valence-electron chi connectivity index (χ0n) is 13.8. The van der Waals surface area contributed by atoms with E-state index in [1.807, 2.05) is 6.92 Å². The summed E-state index contributed by atoms with van der Waals surface area (Å²) in [4.78, 5) is 16.8. The molecular weight excluding hydrogens is 340 g/mol. The van der Waals surface area contributed by atoms with Gasteiger partial charge in [0.15, 0.2) is 11.9 Å². The van der Waals surface area contributed by atoms with Crippen molar-refractivity contribution in [1.82, 2.24) is 14.8 Å². The number of ether oxygens (including phenoxy) is 1. The minimum atomic E-state index is -0.689. The summed E-state index contributed by atoms with van der Waals surface area (Å²) in [6, 6.07) is 10.6. The fraction of sp³-hybridized carbons (Fsp3) is 0.167. The normalized spacial score (nSPS) is 11.8. The highest BCUT2D eigenvalue weighted by molar-refractivity contribution is 6.30. The lowest BCUT2D eigenvalue weighted by molar-refractivity contribution is -0.122. The number of aromatic nitrogens is 3. The van der Waals surface area contributed by atoms with Crippen LogP contribution in [0, 0.1) is 6.92 Å². The van der Waals surface area contributed by atoms with Crippen molar-refractivity contribution in [2.24, 2.45) is 0 Å². The molecule has 0 saturated heterocycles. The summed E-state index contributed by atoms with van der Waals surface area (Å²) in [6.07, 6.45) is 4.36. The molecule has 1 amide bonds. The molecule has 0 aliphatic heterocycles. The second-order valence-electron chi connectivity index (χ2n) is 5.48. The molecule has 2 heterocycles. The summed E-state index contributed by atoms with van der Waals surface area (Å²) in [5, 5.41) is 7.61. The number of nitrogens with one attached hydrogen (secondary N) is 1. The van der Waals surface area contributed by atoms with Gasteiger partial charge in [-0.3, -0.25) is 4.79 Å².